The van der Waals surface area contributed by atoms with Gasteiger partial charge < -0.3 is 48.3 Å². The van der Waals surface area contributed by atoms with Gasteiger partial charge in [0.05, 0.1) is 38.5 Å². The molecule has 6 aliphatic rings. The van der Waals surface area contributed by atoms with Gasteiger partial charge in [0.2, 0.25) is 6.79 Å². The van der Waals surface area contributed by atoms with Crippen molar-refractivity contribution in [3.05, 3.63) is 141 Å². The van der Waals surface area contributed by atoms with Crippen LogP contribution in [-0.2, 0) is 51.0 Å². The first-order chi connectivity index (χ1) is 35.0. The van der Waals surface area contributed by atoms with E-state index in [4.69, 9.17) is 37.9 Å². The van der Waals surface area contributed by atoms with Crippen LogP contribution in [0.2, 0.25) is 0 Å². The Bertz CT molecular complexity index is 2820. The van der Waals surface area contributed by atoms with Gasteiger partial charge in [-0.3, -0.25) is 14.6 Å². The molecular weight excluding hydrogens is 941 g/mol. The number of nitriles is 1. The molecule has 0 aromatic heterocycles. The number of thioether (sulfide) groups is 1. The average molecular weight is 999 g/mol. The molecule has 376 valence electrons. The van der Waals surface area contributed by atoms with Crippen molar-refractivity contribution < 1.29 is 57.4 Å². The first-order valence-electron chi connectivity index (χ1n) is 24.2. The third-order valence-corrected chi connectivity index (χ3v) is 16.1. The molecule has 2 N–H and O–H groups in total. The fourth-order valence-electron chi connectivity index (χ4n) is 11.8. The molecule has 3 unspecified atom stereocenters. The smallest absolute Gasteiger partial charge is 0.408 e. The summed E-state index contributed by atoms with van der Waals surface area (Å²) in [6, 6.07) is 25.6. The Hall–Kier alpha value is -6.39. The summed E-state index contributed by atoms with van der Waals surface area (Å²) >= 11 is 1.50. The van der Waals surface area contributed by atoms with Gasteiger partial charge >= 0.3 is 12.1 Å². The molecule has 1 amide bonds. The molecule has 4 aromatic carbocycles. The van der Waals surface area contributed by atoms with Crippen molar-refractivity contribution in [3.63, 3.8) is 0 Å². The number of piperidine rings is 1. The average Bonchev–Trinajstić information content (AvgIpc) is 4.00. The van der Waals surface area contributed by atoms with Crippen LogP contribution in [0.15, 0.2) is 108 Å². The second kappa shape index (κ2) is 20.6. The number of alkyl carbamates (subject to hydrolysis) is 1. The van der Waals surface area contributed by atoms with Crippen molar-refractivity contribution in [2.75, 3.05) is 66.2 Å². The van der Waals surface area contributed by atoms with Gasteiger partial charge in [0.25, 0.3) is 0 Å². The maximum atomic E-state index is 14.8. The summed E-state index contributed by atoms with van der Waals surface area (Å²) in [7, 11) is 5.09. The molecule has 3 fully saturated rings. The van der Waals surface area contributed by atoms with Gasteiger partial charge in [0.15, 0.2) is 41.2 Å². The molecule has 0 radical (unpaired) electrons. The number of nitrogens with zero attached hydrogens (tertiary/aromatic N) is 3. The number of ether oxygens (including phenoxy) is 8. The van der Waals surface area contributed by atoms with Crippen LogP contribution in [0.1, 0.15) is 58.7 Å². The molecule has 0 saturated carbocycles. The van der Waals surface area contributed by atoms with E-state index in [1.165, 1.54) is 34.0 Å². The van der Waals surface area contributed by atoms with E-state index in [0.29, 0.717) is 36.9 Å². The van der Waals surface area contributed by atoms with E-state index in [1.807, 2.05) is 79.5 Å². The third-order valence-electron chi connectivity index (χ3n) is 15.0. The standard InChI is InChI=1S/C55H58N4O12S/c1-31-21-34-22-41-43(24-56)59-42(47(58(41)3)45(34)50(48(31)65-5)69-29-66-20-19-64-4)23-55(63)46(51-49(70-30-71-51)32(2)52(55)60)44(59)26-67-53(61)40(57-54(62)68-25-33-13-7-6-8-14-33)28-72-27-39-37-17-11-9-15-35(37)36-16-10-12-18-38(36)39/h6-18,21,39-44,47,63H,19-20,22-23,25-30H2,1-5H3,(H,57,62)/t40-,41+,42?,43?,44+,47-,55?/m1/s1. The zero-order valence-corrected chi connectivity index (χ0v) is 41.7. The summed E-state index contributed by atoms with van der Waals surface area (Å²) in [5.74, 6) is 0.747. The summed E-state index contributed by atoms with van der Waals surface area (Å²) < 4.78 is 47.3. The number of rotatable bonds is 17. The molecule has 17 heteroatoms. The Morgan fingerprint density at radius 3 is 2.36 bits per heavy atom. The van der Waals surface area contributed by atoms with Gasteiger partial charge in [0, 0.05) is 59.7 Å². The van der Waals surface area contributed by atoms with Crippen molar-refractivity contribution in [1.29, 1.82) is 5.26 Å². The zero-order chi connectivity index (χ0) is 50.3. The van der Waals surface area contributed by atoms with E-state index >= 15 is 0 Å². The highest BCUT2D eigenvalue weighted by Gasteiger charge is 2.64. The highest BCUT2D eigenvalue weighted by Crippen LogP contribution is 2.57. The molecule has 4 aromatic rings. The summed E-state index contributed by atoms with van der Waals surface area (Å²) in [5.41, 5.74) is 6.20. The monoisotopic (exact) mass is 998 g/mol. The molecule has 16 nitrogen and oxygen atoms in total. The topological polar surface area (TPSA) is 188 Å². The fourth-order valence-corrected chi connectivity index (χ4v) is 13.0. The molecule has 0 spiro atoms. The predicted octanol–water partition coefficient (Wildman–Crippen LogP) is 6.48. The maximum absolute atomic E-state index is 14.8. The number of aryl methyl sites for hydroxylation is 1. The minimum Gasteiger partial charge on any atom is -0.493 e. The van der Waals surface area contributed by atoms with Crippen LogP contribution < -0.4 is 14.8 Å². The molecule has 4 heterocycles. The lowest BCUT2D eigenvalue weighted by Crippen LogP contribution is -2.74. The van der Waals surface area contributed by atoms with Crippen LogP contribution in [0.4, 0.5) is 4.79 Å². The predicted molar refractivity (Wildman–Crippen MR) is 265 cm³/mol. The number of hydrogen-bond acceptors (Lipinski definition) is 16. The summed E-state index contributed by atoms with van der Waals surface area (Å²) in [4.78, 5) is 47.2. The first-order valence-corrected chi connectivity index (χ1v) is 25.3. The minimum absolute atomic E-state index is 0.0228. The lowest BCUT2D eigenvalue weighted by atomic mass is 9.65. The largest absolute Gasteiger partial charge is 0.493 e. The van der Waals surface area contributed by atoms with Crippen LogP contribution in [0.25, 0.3) is 11.1 Å². The van der Waals surface area contributed by atoms with E-state index in [9.17, 15) is 24.8 Å². The summed E-state index contributed by atoms with van der Waals surface area (Å²) in [6.45, 7) is 3.42. The number of ketones is 1. The van der Waals surface area contributed by atoms with Gasteiger partial charge in [-0.25, -0.2) is 9.59 Å². The number of benzene rings is 4. The lowest BCUT2D eigenvalue weighted by Gasteiger charge is -2.62. The molecule has 72 heavy (non-hydrogen) atoms. The van der Waals surface area contributed by atoms with Crippen LogP contribution in [0, 0.1) is 18.3 Å². The van der Waals surface area contributed by atoms with Gasteiger partial charge in [0.1, 0.15) is 25.3 Å². The van der Waals surface area contributed by atoms with Crippen LogP contribution in [-0.4, -0.2) is 135 Å². The van der Waals surface area contributed by atoms with Gasteiger partial charge in [-0.2, -0.15) is 17.0 Å². The maximum Gasteiger partial charge on any atom is 0.408 e. The highest BCUT2D eigenvalue weighted by molar-refractivity contribution is 7.99. The quantitative estimate of drug-likeness (QED) is 0.0664. The fraction of sp³-hybridized carbons (Fsp3) is 0.418. The lowest BCUT2D eigenvalue weighted by molar-refractivity contribution is -0.159. The number of aliphatic hydroxyl groups is 1. The van der Waals surface area contributed by atoms with Crippen molar-refractivity contribution in [3.8, 4) is 28.7 Å². The van der Waals surface area contributed by atoms with E-state index in [1.54, 1.807) is 21.1 Å². The Balaban J connectivity index is 0.991. The number of amides is 1. The van der Waals surface area contributed by atoms with Gasteiger partial charge in [-0.1, -0.05) is 84.9 Å². The number of likely N-dealkylation sites (N-methyl/N-ethyl adjacent to an activating group) is 1. The molecule has 10 rings (SSSR count). The number of fused-ring (bicyclic) bond motifs is 11. The second-order valence-electron chi connectivity index (χ2n) is 18.9. The molecular formula is C55H58N4O12S. The highest BCUT2D eigenvalue weighted by atomic mass is 32.2. The number of carbonyl (C=O) groups is 3. The number of Topliss-reactive ketones (excluding diaryl/α,β-unsaturated/α-hetero) is 1. The number of esters is 1. The van der Waals surface area contributed by atoms with Gasteiger partial charge in [-0.15, -0.1) is 0 Å². The Morgan fingerprint density at radius 2 is 1.65 bits per heavy atom. The SMILES string of the molecule is COCCOCOc1c(OC)c(C)cc2c1[C@H]1C3CC4(O)C(=O)C(C)=C5OCOC5=C4[C@H](COC(=O)[C@@H](CSCC4c5ccccc5-c5ccccc54)NC(=O)OCc4ccccc4)N3C(C#N)[C@H](C2)N1C. The molecule has 2 bridgehead atoms. The number of methoxy groups -OCH3 is 2. The first kappa shape index (κ1) is 49.2. The molecule has 2 aliphatic carbocycles. The minimum atomic E-state index is -2.16. The molecule has 3 saturated heterocycles. The second-order valence-corrected chi connectivity index (χ2v) is 20.0. The summed E-state index contributed by atoms with van der Waals surface area (Å²) in [6.07, 6.45) is -0.521. The molecule has 4 aliphatic heterocycles. The van der Waals surface area contributed by atoms with Crippen LogP contribution in [0.5, 0.6) is 11.5 Å². The summed E-state index contributed by atoms with van der Waals surface area (Å²) in [5, 5.41) is 27.2. The van der Waals surface area contributed by atoms with Crippen LogP contribution >= 0.6 is 11.8 Å². The van der Waals surface area contributed by atoms with E-state index in [0.717, 1.165) is 22.3 Å². The molecule has 7 atom stereocenters. The van der Waals surface area contributed by atoms with Crippen molar-refractivity contribution >= 4 is 29.6 Å². The van der Waals surface area contributed by atoms with E-state index in [-0.39, 0.29) is 60.9 Å². The number of piperazine rings is 1. The number of nitrogens with one attached hydrogen (secondary N) is 1. The third kappa shape index (κ3) is 8.67. The van der Waals surface area contributed by atoms with E-state index in [2.05, 4.69) is 40.6 Å². The van der Waals surface area contributed by atoms with Crippen molar-refractivity contribution in [1.82, 2.24) is 15.1 Å². The van der Waals surface area contributed by atoms with Crippen molar-refractivity contribution in [2.24, 2.45) is 0 Å². The van der Waals surface area contributed by atoms with Crippen molar-refractivity contribution in [2.45, 2.75) is 81.1 Å². The van der Waals surface area contributed by atoms with Gasteiger partial charge in [-0.05, 0) is 66.3 Å². The Morgan fingerprint density at radius 1 is 0.944 bits per heavy atom. The Kier molecular flexibility index (Phi) is 14.1. The normalized spacial score (nSPS) is 24.3. The Labute approximate surface area is 422 Å². The number of carbonyl (C=O) groups excluding carboxylic acids is 3. The zero-order valence-electron chi connectivity index (χ0n) is 40.9. The van der Waals surface area contributed by atoms with Crippen LogP contribution in [0.3, 0.4) is 0 Å². The van der Waals surface area contributed by atoms with E-state index < -0.39 is 66.3 Å². The number of hydrogen-bond donors (Lipinski definition) is 2.